The normalized spacial score (nSPS) is 24.1. The van der Waals surface area contributed by atoms with E-state index in [-0.39, 0.29) is 23.4 Å². The van der Waals surface area contributed by atoms with Gasteiger partial charge in [0.15, 0.2) is 5.13 Å². The van der Waals surface area contributed by atoms with Crippen molar-refractivity contribution in [1.29, 1.82) is 0 Å². The van der Waals surface area contributed by atoms with Crippen LogP contribution in [0.25, 0.3) is 0 Å². The Morgan fingerprint density at radius 3 is 2.89 bits per heavy atom. The highest BCUT2D eigenvalue weighted by Gasteiger charge is 2.41. The number of amides is 1. The molecule has 0 aliphatic carbocycles. The number of nitrogen functional groups attached to an aromatic ring is 1. The summed E-state index contributed by atoms with van der Waals surface area (Å²) in [5, 5.41) is 0.419. The van der Waals surface area contributed by atoms with E-state index < -0.39 is 0 Å². The molecule has 1 amide bonds. The number of likely N-dealkylation sites (tertiary alicyclic amines) is 1. The van der Waals surface area contributed by atoms with Crippen LogP contribution in [0.5, 0.6) is 0 Å². The molecule has 1 fully saturated rings. The average Bonchev–Trinajstić information content (AvgIpc) is 3.07. The first kappa shape index (κ1) is 18.2. The van der Waals surface area contributed by atoms with Crippen molar-refractivity contribution in [3.63, 3.8) is 0 Å². The van der Waals surface area contributed by atoms with Gasteiger partial charge in [-0.2, -0.15) is 0 Å². The number of hydrogen-bond donors (Lipinski definition) is 1. The van der Waals surface area contributed by atoms with Gasteiger partial charge in [0.25, 0.3) is 11.5 Å². The SMILES string of the molecule is CC(C)CC[C@H]1[C@H]2C[C@H](CN(C(=O)c3cnc(N)s3)C2)c2cccc(=O)n21. The maximum Gasteiger partial charge on any atom is 0.265 e. The van der Waals surface area contributed by atoms with Gasteiger partial charge in [0, 0.05) is 36.8 Å². The van der Waals surface area contributed by atoms with Crippen LogP contribution in [0.15, 0.2) is 29.2 Å². The number of nitrogens with zero attached hydrogens (tertiary/aromatic N) is 3. The van der Waals surface area contributed by atoms with Crippen LogP contribution in [0.3, 0.4) is 0 Å². The van der Waals surface area contributed by atoms with Crippen LogP contribution in [-0.2, 0) is 0 Å². The number of piperidine rings is 1. The predicted molar refractivity (Wildman–Crippen MR) is 107 cm³/mol. The van der Waals surface area contributed by atoms with Crippen LogP contribution in [0.4, 0.5) is 5.13 Å². The third kappa shape index (κ3) is 3.40. The fourth-order valence-electron chi connectivity index (χ4n) is 4.62. The maximum absolute atomic E-state index is 13.0. The smallest absolute Gasteiger partial charge is 0.265 e. The summed E-state index contributed by atoms with van der Waals surface area (Å²) in [6.07, 6.45) is 4.66. The van der Waals surface area contributed by atoms with Gasteiger partial charge in [-0.3, -0.25) is 9.59 Å². The summed E-state index contributed by atoms with van der Waals surface area (Å²) in [5.41, 5.74) is 6.87. The van der Waals surface area contributed by atoms with Gasteiger partial charge in [-0.1, -0.05) is 31.3 Å². The zero-order chi connectivity index (χ0) is 19.1. The van der Waals surface area contributed by atoms with E-state index in [2.05, 4.69) is 24.9 Å². The second-order valence-corrected chi connectivity index (χ2v) is 9.23. The molecule has 1 saturated heterocycles. The monoisotopic (exact) mass is 386 g/mol. The first-order valence-electron chi connectivity index (χ1n) is 9.66. The van der Waals surface area contributed by atoms with Gasteiger partial charge in [0.05, 0.1) is 6.20 Å². The number of pyridine rings is 1. The predicted octanol–water partition coefficient (Wildman–Crippen LogP) is 3.12. The number of thiazole rings is 1. The van der Waals surface area contributed by atoms with Gasteiger partial charge in [0.2, 0.25) is 0 Å². The molecule has 2 bridgehead atoms. The number of rotatable bonds is 4. The van der Waals surface area contributed by atoms with Gasteiger partial charge in [-0.05, 0) is 37.2 Å². The third-order valence-electron chi connectivity index (χ3n) is 5.86. The first-order valence-corrected chi connectivity index (χ1v) is 10.5. The summed E-state index contributed by atoms with van der Waals surface area (Å²) in [5.74, 6) is 1.12. The number of aromatic nitrogens is 2. The molecule has 27 heavy (non-hydrogen) atoms. The summed E-state index contributed by atoms with van der Waals surface area (Å²) in [6, 6.07) is 5.73. The van der Waals surface area contributed by atoms with Crippen molar-refractivity contribution < 1.29 is 4.79 Å². The standard InChI is InChI=1S/C20H26N4O2S/c1-12(2)6-7-16-14-8-13(15-4-3-5-18(25)24(15)16)10-23(11-14)19(26)17-9-22-20(21)27-17/h3-5,9,12-14,16H,6-8,10-11H2,1-2H3,(H2,21,22)/t13-,14+,16+/m1/s1. The topological polar surface area (TPSA) is 81.2 Å². The molecular formula is C20H26N4O2S. The van der Waals surface area contributed by atoms with Crippen molar-refractivity contribution in [2.45, 2.75) is 45.1 Å². The third-order valence-corrected chi connectivity index (χ3v) is 6.67. The number of anilines is 1. The Morgan fingerprint density at radius 1 is 1.37 bits per heavy atom. The molecule has 4 rings (SSSR count). The number of carbonyl (C=O) groups excluding carboxylic acids is 1. The van der Waals surface area contributed by atoms with Gasteiger partial charge in [-0.15, -0.1) is 0 Å². The fraction of sp³-hybridized carbons (Fsp3) is 0.550. The van der Waals surface area contributed by atoms with E-state index >= 15 is 0 Å². The number of carbonyl (C=O) groups is 1. The lowest BCUT2D eigenvalue weighted by Gasteiger charge is -2.47. The molecule has 3 atom stereocenters. The molecule has 2 aromatic heterocycles. The van der Waals surface area contributed by atoms with E-state index in [0.29, 0.717) is 34.9 Å². The quantitative estimate of drug-likeness (QED) is 0.875. The van der Waals surface area contributed by atoms with Crippen molar-refractivity contribution in [1.82, 2.24) is 14.5 Å². The van der Waals surface area contributed by atoms with E-state index in [0.717, 1.165) is 25.0 Å². The Morgan fingerprint density at radius 2 is 2.19 bits per heavy atom. The zero-order valence-electron chi connectivity index (χ0n) is 15.8. The highest BCUT2D eigenvalue weighted by molar-refractivity contribution is 7.17. The molecule has 2 N–H and O–H groups in total. The molecule has 0 radical (unpaired) electrons. The van der Waals surface area contributed by atoms with Crippen molar-refractivity contribution in [3.8, 4) is 0 Å². The Hall–Kier alpha value is -2.15. The number of fused-ring (bicyclic) bond motifs is 4. The molecule has 0 aromatic carbocycles. The number of hydrogen-bond acceptors (Lipinski definition) is 5. The maximum atomic E-state index is 13.0. The minimum atomic E-state index is 0.00763. The molecule has 2 aromatic rings. The second-order valence-electron chi connectivity index (χ2n) is 8.16. The summed E-state index contributed by atoms with van der Waals surface area (Å²) in [4.78, 5) is 32.2. The summed E-state index contributed by atoms with van der Waals surface area (Å²) in [7, 11) is 0. The van der Waals surface area contributed by atoms with Crippen LogP contribution >= 0.6 is 11.3 Å². The Bertz CT molecular complexity index is 903. The molecule has 0 spiro atoms. The zero-order valence-corrected chi connectivity index (χ0v) is 16.6. The molecule has 0 unspecified atom stereocenters. The van der Waals surface area contributed by atoms with Crippen LogP contribution < -0.4 is 11.3 Å². The highest BCUT2D eigenvalue weighted by atomic mass is 32.1. The second kappa shape index (κ2) is 7.11. The minimum absolute atomic E-state index is 0.00763. The summed E-state index contributed by atoms with van der Waals surface area (Å²) >= 11 is 1.24. The molecule has 6 nitrogen and oxygen atoms in total. The van der Waals surface area contributed by atoms with Crippen molar-refractivity contribution in [2.75, 3.05) is 18.8 Å². The Balaban J connectivity index is 1.66. The molecule has 4 heterocycles. The van der Waals surface area contributed by atoms with Crippen LogP contribution in [-0.4, -0.2) is 33.4 Å². The minimum Gasteiger partial charge on any atom is -0.375 e. The molecule has 144 valence electrons. The largest absolute Gasteiger partial charge is 0.375 e. The van der Waals surface area contributed by atoms with E-state index in [9.17, 15) is 9.59 Å². The lowest BCUT2D eigenvalue weighted by atomic mass is 9.76. The van der Waals surface area contributed by atoms with E-state index in [1.54, 1.807) is 12.3 Å². The van der Waals surface area contributed by atoms with Gasteiger partial charge >= 0.3 is 0 Å². The van der Waals surface area contributed by atoms with Crippen LogP contribution in [0.2, 0.25) is 0 Å². The summed E-state index contributed by atoms with van der Waals surface area (Å²) < 4.78 is 2.02. The lowest BCUT2D eigenvalue weighted by molar-refractivity contribution is 0.0517. The van der Waals surface area contributed by atoms with E-state index in [4.69, 9.17) is 5.73 Å². The molecular weight excluding hydrogens is 360 g/mol. The molecule has 2 aliphatic heterocycles. The molecule has 0 saturated carbocycles. The lowest BCUT2D eigenvalue weighted by Crippen LogP contribution is -2.51. The van der Waals surface area contributed by atoms with Crippen molar-refractivity contribution in [2.24, 2.45) is 11.8 Å². The Labute approximate surface area is 163 Å². The average molecular weight is 387 g/mol. The molecule has 7 heteroatoms. The van der Waals surface area contributed by atoms with E-state index in [1.165, 1.54) is 11.3 Å². The summed E-state index contributed by atoms with van der Waals surface area (Å²) in [6.45, 7) is 5.76. The van der Waals surface area contributed by atoms with Gasteiger partial charge < -0.3 is 15.2 Å². The van der Waals surface area contributed by atoms with Crippen LogP contribution in [0, 0.1) is 11.8 Å². The van der Waals surface area contributed by atoms with E-state index in [1.807, 2.05) is 15.5 Å². The van der Waals surface area contributed by atoms with Gasteiger partial charge in [0.1, 0.15) is 4.88 Å². The highest BCUT2D eigenvalue weighted by Crippen LogP contribution is 2.43. The number of nitrogens with two attached hydrogens (primary N) is 1. The Kier molecular flexibility index (Phi) is 4.80. The molecule has 2 aliphatic rings. The first-order chi connectivity index (χ1) is 12.9. The van der Waals surface area contributed by atoms with Crippen LogP contribution in [0.1, 0.15) is 60.4 Å². The van der Waals surface area contributed by atoms with Crippen molar-refractivity contribution >= 4 is 22.4 Å². The van der Waals surface area contributed by atoms with Crippen molar-refractivity contribution in [3.05, 3.63) is 45.3 Å². The fourth-order valence-corrected chi connectivity index (χ4v) is 5.28. The van der Waals surface area contributed by atoms with Gasteiger partial charge in [-0.25, -0.2) is 4.98 Å².